The zero-order chi connectivity index (χ0) is 28.2. The predicted octanol–water partition coefficient (Wildman–Crippen LogP) is 5.48. The highest BCUT2D eigenvalue weighted by Crippen LogP contribution is 2.28. The Labute approximate surface area is 232 Å². The van der Waals surface area contributed by atoms with Gasteiger partial charge in [-0.25, -0.2) is 9.07 Å². The van der Waals surface area contributed by atoms with Crippen LogP contribution in [0.5, 0.6) is 5.75 Å². The Morgan fingerprint density at radius 3 is 2.38 bits per heavy atom. The van der Waals surface area contributed by atoms with Crippen LogP contribution < -0.4 is 10.3 Å². The van der Waals surface area contributed by atoms with Crippen LogP contribution in [0.3, 0.4) is 0 Å². The molecule has 0 fully saturated rings. The summed E-state index contributed by atoms with van der Waals surface area (Å²) in [5.74, 6) is 1.18. The number of halogens is 1. The summed E-state index contributed by atoms with van der Waals surface area (Å²) < 4.78 is 20.6. The molecule has 0 radical (unpaired) electrons. The first-order valence-corrected chi connectivity index (χ1v) is 13.4. The fourth-order valence-corrected chi connectivity index (χ4v) is 5.13. The summed E-state index contributed by atoms with van der Waals surface area (Å²) >= 11 is 0. The lowest BCUT2D eigenvalue weighted by molar-refractivity contribution is 0.161. The summed E-state index contributed by atoms with van der Waals surface area (Å²) in [6.07, 6.45) is 0.712. The summed E-state index contributed by atoms with van der Waals surface area (Å²) in [6.45, 7) is 7.51. The van der Waals surface area contributed by atoms with E-state index < -0.39 is 0 Å². The first kappa shape index (κ1) is 27.2. The summed E-state index contributed by atoms with van der Waals surface area (Å²) in [6, 6.07) is 20.2. The number of fused-ring (bicyclic) bond motifs is 1. The molecule has 0 aliphatic carbocycles. The molecule has 2 heterocycles. The molecular weight excluding hydrogens is 507 g/mol. The van der Waals surface area contributed by atoms with Gasteiger partial charge in [0.05, 0.1) is 25.2 Å². The second kappa shape index (κ2) is 11.8. The molecule has 5 aromatic rings. The molecule has 0 spiro atoms. The number of hydrogen-bond donors (Lipinski definition) is 1. The highest BCUT2D eigenvalue weighted by Gasteiger charge is 2.26. The van der Waals surface area contributed by atoms with Crippen LogP contribution in [0.2, 0.25) is 0 Å². The van der Waals surface area contributed by atoms with Crippen LogP contribution in [-0.4, -0.2) is 37.2 Å². The minimum Gasteiger partial charge on any atom is -0.497 e. The predicted molar refractivity (Wildman–Crippen MR) is 153 cm³/mol. The van der Waals surface area contributed by atoms with Crippen LogP contribution in [-0.2, 0) is 19.6 Å². The fraction of sp³-hybridized carbons (Fsp3) is 0.290. The van der Waals surface area contributed by atoms with Crippen molar-refractivity contribution in [2.75, 3.05) is 7.11 Å². The summed E-state index contributed by atoms with van der Waals surface area (Å²) in [5, 5.41) is 13.7. The van der Waals surface area contributed by atoms with E-state index in [0.717, 1.165) is 38.9 Å². The second-order valence-electron chi connectivity index (χ2n) is 10.1. The first-order chi connectivity index (χ1) is 19.4. The van der Waals surface area contributed by atoms with E-state index in [1.54, 1.807) is 23.9 Å². The van der Waals surface area contributed by atoms with Crippen molar-refractivity contribution in [2.24, 2.45) is 0 Å². The Morgan fingerprint density at radius 2 is 1.68 bits per heavy atom. The quantitative estimate of drug-likeness (QED) is 0.252. The first-order valence-electron chi connectivity index (χ1n) is 13.4. The van der Waals surface area contributed by atoms with Crippen molar-refractivity contribution in [3.63, 3.8) is 0 Å². The van der Waals surface area contributed by atoms with Gasteiger partial charge in [-0.2, -0.15) is 0 Å². The van der Waals surface area contributed by atoms with Gasteiger partial charge in [-0.15, -0.1) is 5.10 Å². The molecule has 0 bridgehead atoms. The van der Waals surface area contributed by atoms with E-state index in [1.807, 2.05) is 43.3 Å². The van der Waals surface area contributed by atoms with E-state index in [9.17, 15) is 9.18 Å². The van der Waals surface area contributed by atoms with Crippen molar-refractivity contribution in [3.05, 3.63) is 117 Å². The maximum absolute atomic E-state index is 13.5. The fourth-order valence-electron chi connectivity index (χ4n) is 5.13. The Bertz CT molecular complexity index is 1660. The normalized spacial score (nSPS) is 12.2. The van der Waals surface area contributed by atoms with Crippen LogP contribution in [0.1, 0.15) is 53.0 Å². The number of rotatable bonds is 10. The molecular formula is C31H33FN6O2. The van der Waals surface area contributed by atoms with Crippen molar-refractivity contribution < 1.29 is 9.13 Å². The van der Waals surface area contributed by atoms with Crippen LogP contribution >= 0.6 is 0 Å². The number of pyridine rings is 1. The van der Waals surface area contributed by atoms with E-state index >= 15 is 0 Å². The maximum atomic E-state index is 13.5. The van der Waals surface area contributed by atoms with E-state index in [2.05, 4.69) is 45.3 Å². The molecule has 40 heavy (non-hydrogen) atoms. The lowest BCUT2D eigenvalue weighted by Gasteiger charge is -2.30. The van der Waals surface area contributed by atoms with E-state index in [0.29, 0.717) is 37.4 Å². The Morgan fingerprint density at radius 1 is 0.975 bits per heavy atom. The number of tetrazole rings is 1. The SMILES string of the molecule is CC[C@H](c1nnnn1Cc1ccc(F)cc1)N(Cc1ccc(OC)cc1)Cc1cc2c(C)ccc(C)c2[nH]c1=O. The van der Waals surface area contributed by atoms with Crippen LogP contribution in [0, 0.1) is 19.7 Å². The van der Waals surface area contributed by atoms with Gasteiger partial charge in [0.1, 0.15) is 11.6 Å². The smallest absolute Gasteiger partial charge is 0.252 e. The van der Waals surface area contributed by atoms with Gasteiger partial charge in [0.2, 0.25) is 0 Å². The van der Waals surface area contributed by atoms with Gasteiger partial charge in [-0.3, -0.25) is 9.69 Å². The molecule has 0 aliphatic heterocycles. The zero-order valence-corrected chi connectivity index (χ0v) is 23.2. The van der Waals surface area contributed by atoms with Gasteiger partial charge < -0.3 is 9.72 Å². The average molecular weight is 541 g/mol. The number of aryl methyl sites for hydroxylation is 2. The van der Waals surface area contributed by atoms with Crippen molar-refractivity contribution in [3.8, 4) is 5.75 Å². The zero-order valence-electron chi connectivity index (χ0n) is 23.2. The monoisotopic (exact) mass is 540 g/mol. The summed E-state index contributed by atoms with van der Waals surface area (Å²) in [4.78, 5) is 18.7. The molecule has 0 unspecified atom stereocenters. The van der Waals surface area contributed by atoms with Crippen molar-refractivity contribution in [1.29, 1.82) is 0 Å². The third-order valence-corrected chi connectivity index (χ3v) is 7.37. The number of nitrogens with one attached hydrogen (secondary N) is 1. The number of nitrogens with zero attached hydrogens (tertiary/aromatic N) is 5. The molecule has 0 amide bonds. The Hall–Kier alpha value is -4.37. The molecule has 5 rings (SSSR count). The van der Waals surface area contributed by atoms with Gasteiger partial charge in [0.25, 0.3) is 5.56 Å². The molecule has 8 nitrogen and oxygen atoms in total. The molecule has 206 valence electrons. The largest absolute Gasteiger partial charge is 0.497 e. The van der Waals surface area contributed by atoms with Crippen LogP contribution in [0.15, 0.2) is 71.5 Å². The third kappa shape index (κ3) is 5.79. The van der Waals surface area contributed by atoms with E-state index in [-0.39, 0.29) is 17.4 Å². The number of aromatic nitrogens is 5. The van der Waals surface area contributed by atoms with Crippen molar-refractivity contribution >= 4 is 10.9 Å². The molecule has 1 N–H and O–H groups in total. The van der Waals surface area contributed by atoms with Gasteiger partial charge >= 0.3 is 0 Å². The molecule has 9 heteroatoms. The highest BCUT2D eigenvalue weighted by atomic mass is 19.1. The topological polar surface area (TPSA) is 88.9 Å². The lowest BCUT2D eigenvalue weighted by atomic mass is 10.0. The number of ether oxygens (including phenoxy) is 1. The van der Waals surface area contributed by atoms with Gasteiger partial charge in [-0.05, 0) is 83.3 Å². The maximum Gasteiger partial charge on any atom is 0.252 e. The number of aromatic amines is 1. The highest BCUT2D eigenvalue weighted by molar-refractivity contribution is 5.85. The van der Waals surface area contributed by atoms with Crippen LogP contribution in [0.25, 0.3) is 10.9 Å². The lowest BCUT2D eigenvalue weighted by Crippen LogP contribution is -2.32. The van der Waals surface area contributed by atoms with Gasteiger partial charge in [0.15, 0.2) is 5.82 Å². The van der Waals surface area contributed by atoms with Gasteiger partial charge in [-0.1, -0.05) is 43.3 Å². The number of H-pyrrole nitrogens is 1. The average Bonchev–Trinajstić information content (AvgIpc) is 3.41. The summed E-state index contributed by atoms with van der Waals surface area (Å²) in [5.41, 5.74) is 5.53. The Kier molecular flexibility index (Phi) is 8.02. The van der Waals surface area contributed by atoms with Crippen molar-refractivity contribution in [2.45, 2.75) is 52.9 Å². The van der Waals surface area contributed by atoms with E-state index in [4.69, 9.17) is 4.74 Å². The minimum atomic E-state index is -0.288. The minimum absolute atomic E-state index is 0.110. The Balaban J connectivity index is 1.53. The van der Waals surface area contributed by atoms with Crippen molar-refractivity contribution in [1.82, 2.24) is 30.1 Å². The second-order valence-corrected chi connectivity index (χ2v) is 10.1. The molecule has 3 aromatic carbocycles. The van der Waals surface area contributed by atoms with Crippen LogP contribution in [0.4, 0.5) is 4.39 Å². The van der Waals surface area contributed by atoms with E-state index in [1.165, 1.54) is 12.1 Å². The molecule has 2 aromatic heterocycles. The molecule has 0 aliphatic rings. The summed E-state index contributed by atoms with van der Waals surface area (Å²) in [7, 11) is 1.64. The standard InChI is InChI=1S/C31H33FN6O2/c1-5-28(30-34-35-36-38(30)18-23-8-12-25(32)13-9-23)37(17-22-10-14-26(40-4)15-11-22)19-24-16-27-20(2)6-7-21(3)29(27)33-31(24)39/h6-16,28H,5,17-19H2,1-4H3,(H,33,39)/t28-/m1/s1. The molecule has 0 saturated carbocycles. The van der Waals surface area contributed by atoms with Gasteiger partial charge in [0, 0.05) is 24.0 Å². The number of benzene rings is 3. The molecule has 0 saturated heterocycles. The number of hydrogen-bond acceptors (Lipinski definition) is 6. The number of methoxy groups -OCH3 is 1. The molecule has 1 atom stereocenters. The third-order valence-electron chi connectivity index (χ3n) is 7.37.